The van der Waals surface area contributed by atoms with E-state index in [1.165, 1.54) is 44.1 Å². The average Bonchev–Trinajstić information content (AvgIpc) is 3.84. The van der Waals surface area contributed by atoms with E-state index in [0.29, 0.717) is 0 Å². The van der Waals surface area contributed by atoms with Crippen LogP contribution in [0.2, 0.25) is 0 Å². The van der Waals surface area contributed by atoms with E-state index in [4.69, 9.17) is 4.42 Å². The van der Waals surface area contributed by atoms with Gasteiger partial charge in [0, 0.05) is 44.2 Å². The van der Waals surface area contributed by atoms with E-state index < -0.39 is 0 Å². The quantitative estimate of drug-likeness (QED) is 0.163. The molecule has 0 aliphatic carbocycles. The summed E-state index contributed by atoms with van der Waals surface area (Å²) in [5.41, 5.74) is 15.5. The van der Waals surface area contributed by atoms with Crippen molar-refractivity contribution < 1.29 is 4.42 Å². The first kappa shape index (κ1) is 32.8. The zero-order chi connectivity index (χ0) is 37.7. The molecule has 11 aromatic rings. The number of hydrogen-bond acceptors (Lipinski definition) is 2. The fourth-order valence-corrected chi connectivity index (χ4v) is 8.67. The molecule has 0 saturated heterocycles. The van der Waals surface area contributed by atoms with Crippen molar-refractivity contribution in [3.63, 3.8) is 0 Å². The van der Waals surface area contributed by atoms with Crippen molar-refractivity contribution in [1.29, 1.82) is 0 Å². The van der Waals surface area contributed by atoms with Gasteiger partial charge in [0.15, 0.2) is 0 Å². The van der Waals surface area contributed by atoms with Gasteiger partial charge in [-0.25, -0.2) is 0 Å². The Kier molecular flexibility index (Phi) is 7.82. The van der Waals surface area contributed by atoms with E-state index in [9.17, 15) is 0 Å². The van der Waals surface area contributed by atoms with Crippen molar-refractivity contribution in [1.82, 2.24) is 4.57 Å². The lowest BCUT2D eigenvalue weighted by Crippen LogP contribution is -2.11. The van der Waals surface area contributed by atoms with Gasteiger partial charge in [0.2, 0.25) is 0 Å². The van der Waals surface area contributed by atoms with Gasteiger partial charge in [0.1, 0.15) is 11.2 Å². The molecule has 0 radical (unpaired) electrons. The lowest BCUT2D eigenvalue weighted by molar-refractivity contribution is 0.669. The third-order valence-corrected chi connectivity index (χ3v) is 11.2. The van der Waals surface area contributed by atoms with Crippen LogP contribution >= 0.6 is 0 Å². The fraction of sp³-hybridized carbons (Fsp3) is 0. The number of furan rings is 1. The van der Waals surface area contributed by atoms with Crippen LogP contribution in [0.15, 0.2) is 223 Å². The van der Waals surface area contributed by atoms with Gasteiger partial charge in [0.05, 0.1) is 16.7 Å². The van der Waals surface area contributed by atoms with E-state index in [2.05, 4.69) is 216 Å². The molecule has 0 unspecified atom stereocenters. The summed E-state index contributed by atoms with van der Waals surface area (Å²) in [6.07, 6.45) is 0. The lowest BCUT2D eigenvalue weighted by Gasteiger charge is -2.28. The smallest absolute Gasteiger partial charge is 0.136 e. The van der Waals surface area contributed by atoms with Crippen LogP contribution < -0.4 is 4.90 Å². The van der Waals surface area contributed by atoms with Gasteiger partial charge in [0.25, 0.3) is 0 Å². The Morgan fingerprint density at radius 3 is 1.51 bits per heavy atom. The van der Waals surface area contributed by atoms with Crippen molar-refractivity contribution in [2.45, 2.75) is 0 Å². The highest BCUT2D eigenvalue weighted by atomic mass is 16.3. The molecule has 0 aliphatic heterocycles. The van der Waals surface area contributed by atoms with Crippen LogP contribution in [0.3, 0.4) is 0 Å². The predicted molar refractivity (Wildman–Crippen MR) is 239 cm³/mol. The van der Waals surface area contributed by atoms with Crippen LogP contribution in [-0.4, -0.2) is 4.57 Å². The Morgan fingerprint density at radius 1 is 0.333 bits per heavy atom. The molecule has 0 atom stereocenters. The summed E-state index contributed by atoms with van der Waals surface area (Å²) in [5.74, 6) is 0. The predicted octanol–water partition coefficient (Wildman–Crippen LogP) is 15.2. The van der Waals surface area contributed by atoms with E-state index in [-0.39, 0.29) is 0 Å². The number of aromatic nitrogens is 1. The van der Waals surface area contributed by atoms with Crippen LogP contribution in [0.25, 0.3) is 82.8 Å². The standard InChI is InChI=1S/C54H36N2O/c1-2-15-37(16-3-1)42-17-4-5-18-43(42)38-29-31-39(32-30-38)55(40-33-35-41(36-34-40)56-50-25-11-6-19-44(50)45-20-7-12-26-51(45)56)49-24-10-8-21-46(49)47-23-14-28-53-54(47)48-22-9-13-27-52(48)57-53/h1-36H. The van der Waals surface area contributed by atoms with Gasteiger partial charge >= 0.3 is 0 Å². The fourth-order valence-electron chi connectivity index (χ4n) is 8.67. The maximum absolute atomic E-state index is 6.37. The minimum atomic E-state index is 0.881. The summed E-state index contributed by atoms with van der Waals surface area (Å²) >= 11 is 0. The van der Waals surface area contributed by atoms with Gasteiger partial charge in [-0.2, -0.15) is 0 Å². The molecule has 11 rings (SSSR count). The summed E-state index contributed by atoms with van der Waals surface area (Å²) in [6.45, 7) is 0. The number of anilines is 3. The second kappa shape index (κ2) is 13.6. The summed E-state index contributed by atoms with van der Waals surface area (Å²) in [6, 6.07) is 78.1. The zero-order valence-corrected chi connectivity index (χ0v) is 31.1. The van der Waals surface area contributed by atoms with Crippen LogP contribution in [0.4, 0.5) is 17.1 Å². The molecule has 0 fully saturated rings. The van der Waals surface area contributed by atoms with E-state index >= 15 is 0 Å². The van der Waals surface area contributed by atoms with Crippen LogP contribution in [0.5, 0.6) is 0 Å². The summed E-state index contributed by atoms with van der Waals surface area (Å²) in [5, 5.41) is 4.74. The van der Waals surface area contributed by atoms with Gasteiger partial charge in [-0.3, -0.25) is 0 Å². The molecule has 0 N–H and O–H groups in total. The number of fused-ring (bicyclic) bond motifs is 6. The molecule has 9 aromatic carbocycles. The molecular formula is C54H36N2O. The Hall–Kier alpha value is -7.62. The molecule has 0 amide bonds. The SMILES string of the molecule is c1ccc(-c2ccccc2-c2ccc(N(c3ccc(-n4c5ccccc5c5ccccc54)cc3)c3ccccc3-c3cccc4oc5ccccc5c34)cc2)cc1. The molecule has 3 nitrogen and oxygen atoms in total. The van der Waals surface area contributed by atoms with Gasteiger partial charge in [-0.1, -0.05) is 152 Å². The van der Waals surface area contributed by atoms with Crippen LogP contribution in [0.1, 0.15) is 0 Å². The normalized spacial score (nSPS) is 11.5. The van der Waals surface area contributed by atoms with Crippen molar-refractivity contribution >= 4 is 60.8 Å². The Morgan fingerprint density at radius 2 is 0.825 bits per heavy atom. The first-order valence-corrected chi connectivity index (χ1v) is 19.4. The number of benzene rings is 9. The number of rotatable bonds is 7. The van der Waals surface area contributed by atoms with Crippen LogP contribution in [0, 0.1) is 0 Å². The minimum absolute atomic E-state index is 0.881. The average molecular weight is 729 g/mol. The molecule has 2 heterocycles. The third-order valence-electron chi connectivity index (χ3n) is 11.2. The monoisotopic (exact) mass is 728 g/mol. The molecule has 0 bridgehead atoms. The summed E-state index contributed by atoms with van der Waals surface area (Å²) < 4.78 is 8.75. The molecule has 0 saturated carbocycles. The molecular weight excluding hydrogens is 693 g/mol. The Balaban J connectivity index is 1.09. The second-order valence-electron chi connectivity index (χ2n) is 14.5. The van der Waals surface area contributed by atoms with Crippen molar-refractivity contribution in [3.8, 4) is 39.1 Å². The van der Waals surface area contributed by atoms with Crippen LogP contribution in [-0.2, 0) is 0 Å². The molecule has 0 aliphatic rings. The highest BCUT2D eigenvalue weighted by Gasteiger charge is 2.21. The van der Waals surface area contributed by atoms with E-state index in [1.807, 2.05) is 12.1 Å². The zero-order valence-electron chi connectivity index (χ0n) is 31.1. The largest absolute Gasteiger partial charge is 0.456 e. The minimum Gasteiger partial charge on any atom is -0.456 e. The number of nitrogens with zero attached hydrogens (tertiary/aromatic N) is 2. The van der Waals surface area contributed by atoms with E-state index in [0.717, 1.165) is 55.8 Å². The molecule has 2 aromatic heterocycles. The van der Waals surface area contributed by atoms with Gasteiger partial charge in [-0.15, -0.1) is 0 Å². The highest BCUT2D eigenvalue weighted by Crippen LogP contribution is 2.45. The maximum atomic E-state index is 6.37. The Labute approximate surface area is 330 Å². The highest BCUT2D eigenvalue weighted by molar-refractivity contribution is 6.14. The van der Waals surface area contributed by atoms with E-state index in [1.54, 1.807) is 0 Å². The van der Waals surface area contributed by atoms with Crippen molar-refractivity contribution in [3.05, 3.63) is 218 Å². The lowest BCUT2D eigenvalue weighted by atomic mass is 9.94. The molecule has 3 heteroatoms. The Bertz CT molecular complexity index is 3170. The van der Waals surface area contributed by atoms with Crippen molar-refractivity contribution in [2.24, 2.45) is 0 Å². The van der Waals surface area contributed by atoms with Gasteiger partial charge < -0.3 is 13.9 Å². The first-order chi connectivity index (χ1) is 28.3. The summed E-state index contributed by atoms with van der Waals surface area (Å²) in [4.78, 5) is 2.39. The topological polar surface area (TPSA) is 21.3 Å². The maximum Gasteiger partial charge on any atom is 0.136 e. The number of para-hydroxylation sites is 4. The summed E-state index contributed by atoms with van der Waals surface area (Å²) in [7, 11) is 0. The van der Waals surface area contributed by atoms with Crippen molar-refractivity contribution in [2.75, 3.05) is 4.90 Å². The molecule has 0 spiro atoms. The second-order valence-corrected chi connectivity index (χ2v) is 14.5. The molecule has 57 heavy (non-hydrogen) atoms. The third kappa shape index (κ3) is 5.51. The number of hydrogen-bond donors (Lipinski definition) is 0. The first-order valence-electron chi connectivity index (χ1n) is 19.4. The van der Waals surface area contributed by atoms with Gasteiger partial charge in [-0.05, 0) is 94.5 Å². The molecule has 268 valence electrons.